The third-order valence-corrected chi connectivity index (χ3v) is 4.64. The fourth-order valence-electron chi connectivity index (χ4n) is 3.23. The molecule has 0 unspecified atom stereocenters. The second-order valence-electron chi connectivity index (χ2n) is 6.56. The number of carbonyl (C=O) groups is 1. The number of aryl methyl sites for hydroxylation is 1. The highest BCUT2D eigenvalue weighted by Gasteiger charge is 2.16. The molecule has 3 heterocycles. The standard InChI is InChI=1S/C20H25N5O2/c1-3-5-6-8-12-25-17(21)14(19(26)22-4-2)13-15-18(25)23-16-10-7-9-11-24(16)20(15)27/h7,9-11,13,21H,3-6,8,12H2,1-2H3,(H,22,26). The molecule has 0 aliphatic heterocycles. The average Bonchev–Trinajstić information content (AvgIpc) is 2.67. The third-order valence-electron chi connectivity index (χ3n) is 4.64. The summed E-state index contributed by atoms with van der Waals surface area (Å²) in [5, 5.41) is 11.6. The Bertz CT molecular complexity index is 1100. The summed E-state index contributed by atoms with van der Waals surface area (Å²) in [7, 11) is 0. The lowest BCUT2D eigenvalue weighted by Crippen LogP contribution is -2.35. The Morgan fingerprint density at radius 2 is 2.04 bits per heavy atom. The molecular formula is C20H25N5O2. The summed E-state index contributed by atoms with van der Waals surface area (Å²) in [5.41, 5.74) is 1.05. The number of nitrogens with one attached hydrogen (secondary N) is 2. The van der Waals surface area contributed by atoms with Gasteiger partial charge in [-0.3, -0.25) is 19.4 Å². The maximum absolute atomic E-state index is 13.0. The van der Waals surface area contributed by atoms with Gasteiger partial charge in [-0.25, -0.2) is 4.98 Å². The minimum atomic E-state index is -0.343. The topological polar surface area (TPSA) is 92.2 Å². The van der Waals surface area contributed by atoms with Gasteiger partial charge in [-0.1, -0.05) is 32.3 Å². The van der Waals surface area contributed by atoms with E-state index in [0.29, 0.717) is 29.8 Å². The molecule has 0 atom stereocenters. The van der Waals surface area contributed by atoms with Gasteiger partial charge in [-0.2, -0.15) is 0 Å². The molecule has 0 bridgehead atoms. The van der Waals surface area contributed by atoms with E-state index in [1.807, 2.05) is 13.0 Å². The highest BCUT2D eigenvalue weighted by atomic mass is 16.1. The van der Waals surface area contributed by atoms with E-state index in [1.54, 1.807) is 22.9 Å². The van der Waals surface area contributed by atoms with Gasteiger partial charge in [0.15, 0.2) is 0 Å². The third kappa shape index (κ3) is 3.63. The minimum Gasteiger partial charge on any atom is -0.352 e. The Morgan fingerprint density at radius 3 is 2.78 bits per heavy atom. The number of aromatic nitrogens is 3. The quantitative estimate of drug-likeness (QED) is 0.496. The van der Waals surface area contributed by atoms with Crippen molar-refractivity contribution in [2.24, 2.45) is 0 Å². The number of unbranched alkanes of at least 4 members (excludes halogenated alkanes) is 3. The van der Waals surface area contributed by atoms with Crippen LogP contribution >= 0.6 is 0 Å². The monoisotopic (exact) mass is 367 g/mol. The van der Waals surface area contributed by atoms with Crippen LogP contribution < -0.4 is 16.4 Å². The number of amides is 1. The Balaban J connectivity index is 2.26. The summed E-state index contributed by atoms with van der Waals surface area (Å²) in [5.74, 6) is -0.343. The molecule has 0 aliphatic rings. The van der Waals surface area contributed by atoms with Crippen molar-refractivity contribution in [1.82, 2.24) is 19.3 Å². The molecular weight excluding hydrogens is 342 g/mol. The van der Waals surface area contributed by atoms with Crippen LogP contribution in [0.15, 0.2) is 35.3 Å². The molecule has 0 aliphatic carbocycles. The first-order valence-electron chi connectivity index (χ1n) is 9.46. The first-order chi connectivity index (χ1) is 13.1. The van der Waals surface area contributed by atoms with Gasteiger partial charge in [0.1, 0.15) is 16.8 Å². The van der Waals surface area contributed by atoms with Crippen LogP contribution in [0.3, 0.4) is 0 Å². The first-order valence-corrected chi connectivity index (χ1v) is 9.46. The number of nitrogens with zero attached hydrogens (tertiary/aromatic N) is 3. The zero-order valence-electron chi connectivity index (χ0n) is 15.8. The molecule has 7 nitrogen and oxygen atoms in total. The number of pyridine rings is 2. The lowest BCUT2D eigenvalue weighted by Gasteiger charge is -2.14. The molecule has 3 aromatic rings. The van der Waals surface area contributed by atoms with E-state index >= 15 is 0 Å². The van der Waals surface area contributed by atoms with Crippen molar-refractivity contribution < 1.29 is 4.79 Å². The fourth-order valence-corrected chi connectivity index (χ4v) is 3.23. The molecule has 142 valence electrons. The summed E-state index contributed by atoms with van der Waals surface area (Å²) in [6.07, 6.45) is 5.79. The van der Waals surface area contributed by atoms with Crippen LogP contribution in [0.25, 0.3) is 16.7 Å². The van der Waals surface area contributed by atoms with E-state index in [9.17, 15) is 9.59 Å². The molecule has 3 rings (SSSR count). The zero-order chi connectivity index (χ0) is 19.4. The maximum atomic E-state index is 13.0. The number of hydrogen-bond donors (Lipinski definition) is 2. The predicted molar refractivity (Wildman–Crippen MR) is 105 cm³/mol. The molecule has 0 saturated carbocycles. The van der Waals surface area contributed by atoms with E-state index in [4.69, 9.17) is 5.41 Å². The molecule has 3 aromatic heterocycles. The van der Waals surface area contributed by atoms with Crippen LogP contribution in [0, 0.1) is 5.41 Å². The molecule has 2 N–H and O–H groups in total. The van der Waals surface area contributed by atoms with E-state index in [-0.39, 0.29) is 22.5 Å². The lowest BCUT2D eigenvalue weighted by atomic mass is 10.1. The summed E-state index contributed by atoms with van der Waals surface area (Å²) in [4.78, 5) is 30.0. The zero-order valence-corrected chi connectivity index (χ0v) is 15.8. The second-order valence-corrected chi connectivity index (χ2v) is 6.56. The van der Waals surface area contributed by atoms with Gasteiger partial charge in [0, 0.05) is 19.3 Å². The normalized spacial score (nSPS) is 11.2. The van der Waals surface area contributed by atoms with Crippen LogP contribution in [0.4, 0.5) is 0 Å². The SMILES string of the molecule is CCCCCCn1c(=N)c(C(=O)NCC)cc2c(=O)n3ccccc3nc21. The van der Waals surface area contributed by atoms with Crippen molar-refractivity contribution in [1.29, 1.82) is 5.41 Å². The smallest absolute Gasteiger partial charge is 0.267 e. The van der Waals surface area contributed by atoms with E-state index in [1.165, 1.54) is 10.5 Å². The van der Waals surface area contributed by atoms with Gasteiger partial charge < -0.3 is 9.88 Å². The highest BCUT2D eigenvalue weighted by molar-refractivity contribution is 5.96. The minimum absolute atomic E-state index is 0.0946. The molecule has 0 radical (unpaired) electrons. The van der Waals surface area contributed by atoms with Gasteiger partial charge in [0.2, 0.25) is 0 Å². The number of rotatable bonds is 7. The van der Waals surface area contributed by atoms with Crippen molar-refractivity contribution in [2.45, 2.75) is 46.1 Å². The Hall–Kier alpha value is -2.96. The number of carbonyl (C=O) groups excluding carboxylic acids is 1. The largest absolute Gasteiger partial charge is 0.352 e. The molecule has 7 heteroatoms. The van der Waals surface area contributed by atoms with Crippen LogP contribution in [0.5, 0.6) is 0 Å². The molecule has 0 saturated heterocycles. The van der Waals surface area contributed by atoms with Gasteiger partial charge in [-0.15, -0.1) is 0 Å². The predicted octanol–water partition coefficient (Wildman–Crippen LogP) is 2.46. The summed E-state index contributed by atoms with van der Waals surface area (Å²) in [6, 6.07) is 6.86. The van der Waals surface area contributed by atoms with Gasteiger partial charge in [0.25, 0.3) is 11.5 Å². The van der Waals surface area contributed by atoms with E-state index in [2.05, 4.69) is 17.2 Å². The van der Waals surface area contributed by atoms with Crippen LogP contribution in [0.1, 0.15) is 49.9 Å². The van der Waals surface area contributed by atoms with Crippen LogP contribution in [0.2, 0.25) is 0 Å². The molecule has 1 amide bonds. The van der Waals surface area contributed by atoms with Crippen LogP contribution in [-0.2, 0) is 6.54 Å². The van der Waals surface area contributed by atoms with E-state index in [0.717, 1.165) is 25.7 Å². The molecule has 0 fully saturated rings. The fraction of sp³-hybridized carbons (Fsp3) is 0.400. The van der Waals surface area contributed by atoms with Crippen molar-refractivity contribution in [2.75, 3.05) is 6.54 Å². The van der Waals surface area contributed by atoms with Gasteiger partial charge in [0.05, 0.1) is 10.9 Å². The Kier molecular flexibility index (Phi) is 5.69. The van der Waals surface area contributed by atoms with Crippen molar-refractivity contribution in [3.05, 3.63) is 51.9 Å². The maximum Gasteiger partial charge on any atom is 0.267 e. The first kappa shape index (κ1) is 18.8. The molecule has 0 aromatic carbocycles. The van der Waals surface area contributed by atoms with Gasteiger partial charge in [-0.05, 0) is 31.5 Å². The van der Waals surface area contributed by atoms with Gasteiger partial charge >= 0.3 is 0 Å². The van der Waals surface area contributed by atoms with Crippen molar-refractivity contribution >= 4 is 22.6 Å². The van der Waals surface area contributed by atoms with Crippen molar-refractivity contribution in [3.63, 3.8) is 0 Å². The highest BCUT2D eigenvalue weighted by Crippen LogP contribution is 2.12. The molecule has 0 spiro atoms. The lowest BCUT2D eigenvalue weighted by molar-refractivity contribution is 0.0953. The molecule has 27 heavy (non-hydrogen) atoms. The van der Waals surface area contributed by atoms with E-state index < -0.39 is 0 Å². The van der Waals surface area contributed by atoms with Crippen molar-refractivity contribution in [3.8, 4) is 0 Å². The summed E-state index contributed by atoms with van der Waals surface area (Å²) < 4.78 is 3.17. The second kappa shape index (κ2) is 8.16. The average molecular weight is 367 g/mol. The Labute approximate surface area is 157 Å². The number of hydrogen-bond acceptors (Lipinski definition) is 4. The summed E-state index contributed by atoms with van der Waals surface area (Å²) >= 11 is 0. The Morgan fingerprint density at radius 1 is 1.22 bits per heavy atom. The van der Waals surface area contributed by atoms with Crippen LogP contribution in [-0.4, -0.2) is 26.4 Å². The number of fused-ring (bicyclic) bond motifs is 2. The summed E-state index contributed by atoms with van der Waals surface area (Å²) in [6.45, 7) is 4.98.